The van der Waals surface area contributed by atoms with Gasteiger partial charge in [0.05, 0.1) is 6.67 Å². The molecule has 0 atom stereocenters. The van der Waals surface area contributed by atoms with Crippen molar-refractivity contribution in [3.05, 3.63) is 66.2 Å². The van der Waals surface area contributed by atoms with Gasteiger partial charge in [0.2, 0.25) is 5.91 Å². The zero-order valence-corrected chi connectivity index (χ0v) is 20.4. The molecule has 35 heavy (non-hydrogen) atoms. The highest BCUT2D eigenvalue weighted by Gasteiger charge is 2.54. The van der Waals surface area contributed by atoms with Crippen molar-refractivity contribution in [2.75, 3.05) is 44.3 Å². The Balaban J connectivity index is 1.34. The number of piperidine rings is 2. The molecule has 5 rings (SSSR count). The van der Waals surface area contributed by atoms with Gasteiger partial charge < -0.3 is 19.6 Å². The number of likely N-dealkylation sites (tertiary alicyclic amines) is 2. The highest BCUT2D eigenvalue weighted by Crippen LogP contribution is 2.39. The first kappa shape index (κ1) is 23.4. The lowest BCUT2D eigenvalue weighted by Crippen LogP contribution is -2.57. The predicted octanol–water partition coefficient (Wildman–Crippen LogP) is 3.23. The minimum atomic E-state index is -0.731. The van der Waals surface area contributed by atoms with Crippen molar-refractivity contribution in [3.8, 4) is 0 Å². The van der Waals surface area contributed by atoms with Crippen molar-refractivity contribution in [2.45, 2.75) is 38.1 Å². The number of benzene rings is 2. The van der Waals surface area contributed by atoms with Crippen LogP contribution in [-0.4, -0.2) is 77.4 Å². The van der Waals surface area contributed by atoms with Gasteiger partial charge in [-0.2, -0.15) is 0 Å². The van der Waals surface area contributed by atoms with Crippen molar-refractivity contribution < 1.29 is 14.4 Å². The molecule has 0 radical (unpaired) electrons. The Morgan fingerprint density at radius 2 is 1.46 bits per heavy atom. The van der Waals surface area contributed by atoms with E-state index in [1.807, 2.05) is 70.5 Å². The zero-order chi connectivity index (χ0) is 24.4. The number of hydrogen-bond donors (Lipinski definition) is 0. The summed E-state index contributed by atoms with van der Waals surface area (Å²) in [7, 11) is 0. The molecule has 2 aromatic carbocycles. The van der Waals surface area contributed by atoms with E-state index in [4.69, 9.17) is 0 Å². The summed E-state index contributed by atoms with van der Waals surface area (Å²) in [5, 5.41) is 0. The van der Waals surface area contributed by atoms with E-state index in [1.54, 1.807) is 4.90 Å². The molecule has 7 heteroatoms. The Morgan fingerprint density at radius 3 is 2.09 bits per heavy atom. The van der Waals surface area contributed by atoms with Gasteiger partial charge in [0.25, 0.3) is 11.8 Å². The molecule has 3 fully saturated rings. The summed E-state index contributed by atoms with van der Waals surface area (Å²) >= 11 is 0. The molecule has 3 saturated heterocycles. The molecule has 7 nitrogen and oxygen atoms in total. The molecule has 3 amide bonds. The van der Waals surface area contributed by atoms with Crippen molar-refractivity contribution in [3.63, 3.8) is 0 Å². The summed E-state index contributed by atoms with van der Waals surface area (Å²) in [6, 6.07) is 19.3. The Hall–Kier alpha value is -3.35. The topological polar surface area (TPSA) is 64.2 Å². The number of para-hydroxylation sites is 1. The van der Waals surface area contributed by atoms with Crippen LogP contribution in [0.15, 0.2) is 60.7 Å². The maximum Gasteiger partial charge on any atom is 0.253 e. The molecule has 0 N–H and O–H groups in total. The molecule has 0 bridgehead atoms. The monoisotopic (exact) mass is 474 g/mol. The molecule has 3 heterocycles. The van der Waals surface area contributed by atoms with Crippen molar-refractivity contribution in [1.29, 1.82) is 0 Å². The third-order valence-corrected chi connectivity index (χ3v) is 7.94. The van der Waals surface area contributed by atoms with Crippen LogP contribution in [0.4, 0.5) is 5.69 Å². The van der Waals surface area contributed by atoms with Crippen LogP contribution in [0.5, 0.6) is 0 Å². The van der Waals surface area contributed by atoms with Crippen LogP contribution in [0.3, 0.4) is 0 Å². The normalized spacial score (nSPS) is 20.5. The van der Waals surface area contributed by atoms with Crippen LogP contribution in [0.1, 0.15) is 43.0 Å². The fraction of sp³-hybridized carbons (Fsp3) is 0.464. The smallest absolute Gasteiger partial charge is 0.253 e. The second-order valence-electron chi connectivity index (χ2n) is 10.2. The Kier molecular flexibility index (Phi) is 6.50. The summed E-state index contributed by atoms with van der Waals surface area (Å²) in [6.45, 7) is 5.29. The second kappa shape index (κ2) is 9.72. The van der Waals surface area contributed by atoms with Gasteiger partial charge in [-0.05, 0) is 55.9 Å². The standard InChI is InChI=1S/C28H34N4O3/c1-22-12-16-29(17-13-22)25(33)20-31-21-32(24-10-6-3-7-11-24)28(27(31)35)14-18-30(19-15-28)26(34)23-8-4-2-5-9-23/h2-11,22H,12-21H2,1H3. The lowest BCUT2D eigenvalue weighted by Gasteiger charge is -2.43. The molecule has 0 aromatic heterocycles. The van der Waals surface area contributed by atoms with Gasteiger partial charge in [0.15, 0.2) is 0 Å². The third-order valence-electron chi connectivity index (χ3n) is 7.94. The Morgan fingerprint density at radius 1 is 0.857 bits per heavy atom. The molecule has 0 saturated carbocycles. The van der Waals surface area contributed by atoms with Crippen LogP contribution in [0.25, 0.3) is 0 Å². The van der Waals surface area contributed by atoms with Gasteiger partial charge >= 0.3 is 0 Å². The second-order valence-corrected chi connectivity index (χ2v) is 10.2. The van der Waals surface area contributed by atoms with Crippen LogP contribution in [-0.2, 0) is 9.59 Å². The van der Waals surface area contributed by atoms with Gasteiger partial charge in [-0.15, -0.1) is 0 Å². The van der Waals surface area contributed by atoms with E-state index in [-0.39, 0.29) is 24.3 Å². The first-order chi connectivity index (χ1) is 17.0. The van der Waals surface area contributed by atoms with Crippen LogP contribution in [0, 0.1) is 5.92 Å². The molecule has 1 spiro atoms. The van der Waals surface area contributed by atoms with E-state index in [0.29, 0.717) is 44.1 Å². The number of hydrogen-bond acceptors (Lipinski definition) is 4. The van der Waals surface area contributed by atoms with E-state index in [9.17, 15) is 14.4 Å². The first-order valence-electron chi connectivity index (χ1n) is 12.7. The van der Waals surface area contributed by atoms with E-state index in [2.05, 4.69) is 11.8 Å². The summed E-state index contributed by atoms with van der Waals surface area (Å²) in [5.41, 5.74) is 0.917. The lowest BCUT2D eigenvalue weighted by molar-refractivity contribution is -0.141. The summed E-state index contributed by atoms with van der Waals surface area (Å²) in [5.74, 6) is 0.690. The number of carbonyl (C=O) groups is 3. The van der Waals surface area contributed by atoms with Crippen molar-refractivity contribution >= 4 is 23.4 Å². The van der Waals surface area contributed by atoms with Gasteiger partial charge in [-0.3, -0.25) is 14.4 Å². The van der Waals surface area contributed by atoms with Crippen molar-refractivity contribution in [1.82, 2.24) is 14.7 Å². The van der Waals surface area contributed by atoms with E-state index < -0.39 is 5.54 Å². The van der Waals surface area contributed by atoms with Crippen LogP contribution < -0.4 is 4.90 Å². The van der Waals surface area contributed by atoms with E-state index in [1.165, 1.54) is 0 Å². The van der Waals surface area contributed by atoms with E-state index >= 15 is 0 Å². The molecule has 3 aliphatic rings. The Bertz CT molecular complexity index is 1060. The summed E-state index contributed by atoms with van der Waals surface area (Å²) in [4.78, 5) is 47.6. The molecule has 2 aromatic rings. The van der Waals surface area contributed by atoms with Crippen LogP contribution in [0.2, 0.25) is 0 Å². The predicted molar refractivity (Wildman–Crippen MR) is 135 cm³/mol. The zero-order valence-electron chi connectivity index (χ0n) is 20.4. The van der Waals surface area contributed by atoms with Gasteiger partial charge in [0, 0.05) is 37.4 Å². The van der Waals surface area contributed by atoms with Gasteiger partial charge in [0.1, 0.15) is 12.1 Å². The molecule has 0 unspecified atom stereocenters. The fourth-order valence-corrected chi connectivity index (χ4v) is 5.69. The minimum absolute atomic E-state index is 0.00326. The summed E-state index contributed by atoms with van der Waals surface area (Å²) in [6.07, 6.45) is 3.13. The maximum absolute atomic E-state index is 13.9. The van der Waals surface area contributed by atoms with Gasteiger partial charge in [-0.25, -0.2) is 0 Å². The molecule has 184 valence electrons. The minimum Gasteiger partial charge on any atom is -0.341 e. The van der Waals surface area contributed by atoms with E-state index in [0.717, 1.165) is 31.6 Å². The number of amides is 3. The highest BCUT2D eigenvalue weighted by atomic mass is 16.2. The first-order valence-corrected chi connectivity index (χ1v) is 12.7. The number of carbonyl (C=O) groups excluding carboxylic acids is 3. The number of rotatable bonds is 4. The Labute approximate surface area is 207 Å². The molecular formula is C28H34N4O3. The average molecular weight is 475 g/mol. The third kappa shape index (κ3) is 4.51. The van der Waals surface area contributed by atoms with Gasteiger partial charge in [-0.1, -0.05) is 43.3 Å². The average Bonchev–Trinajstić information content (AvgIpc) is 3.16. The summed E-state index contributed by atoms with van der Waals surface area (Å²) < 4.78 is 0. The van der Waals surface area contributed by atoms with Crippen LogP contribution >= 0.6 is 0 Å². The number of anilines is 1. The molecule has 3 aliphatic heterocycles. The van der Waals surface area contributed by atoms with Crippen molar-refractivity contribution in [2.24, 2.45) is 5.92 Å². The fourth-order valence-electron chi connectivity index (χ4n) is 5.69. The largest absolute Gasteiger partial charge is 0.341 e. The molecule has 0 aliphatic carbocycles. The quantitative estimate of drug-likeness (QED) is 0.683. The molecular weight excluding hydrogens is 440 g/mol. The SMILES string of the molecule is CC1CCN(C(=O)CN2CN(c3ccccc3)C3(CCN(C(=O)c4ccccc4)CC3)C2=O)CC1. The lowest BCUT2D eigenvalue weighted by atomic mass is 9.85. The number of nitrogens with zero attached hydrogens (tertiary/aromatic N) is 4. The highest BCUT2D eigenvalue weighted by molar-refractivity contribution is 5.97. The maximum atomic E-state index is 13.9.